The summed E-state index contributed by atoms with van der Waals surface area (Å²) >= 11 is 0. The Morgan fingerprint density at radius 3 is 2.41 bits per heavy atom. The highest BCUT2D eigenvalue weighted by molar-refractivity contribution is 5.82. The van der Waals surface area contributed by atoms with Gasteiger partial charge in [0, 0.05) is 41.7 Å². The third-order valence-corrected chi connectivity index (χ3v) is 15.4. The topological polar surface area (TPSA) is 194 Å². The van der Waals surface area contributed by atoms with Crippen LogP contribution in [-0.4, -0.2) is 109 Å². The molecule has 4 saturated heterocycles. The zero-order chi connectivity index (χ0) is 39.8. The SMILES string of the molecule is CC(C)CC(=O)O[C@@H]1/C=C\C=C\C(=O)O[C@H]2CC[C@@H]3[C@]2(O)[C@H](O)[C@@]2(CO)O[C@H]2[C@H]2[C@H]4O[C@]5(c6ccccc6)O[C@@H]([C@@H](C)[C@@]23O5)[C@@]4(O)[C@](C)(O)C[C@H]2CC[C@H]1C2C. The van der Waals surface area contributed by atoms with Crippen LogP contribution in [0.1, 0.15) is 78.7 Å². The number of aliphatic hydroxyl groups is 5. The number of carbonyl (C=O) groups excluding carboxylic acids is 2. The van der Waals surface area contributed by atoms with Crippen LogP contribution < -0.4 is 0 Å². The van der Waals surface area contributed by atoms with E-state index in [4.69, 9.17) is 28.4 Å². The van der Waals surface area contributed by atoms with Gasteiger partial charge in [-0.1, -0.05) is 70.2 Å². The first-order chi connectivity index (χ1) is 26.5. The number of hydrogen-bond acceptors (Lipinski definition) is 13. The van der Waals surface area contributed by atoms with E-state index < -0.39 is 101 Å². The lowest BCUT2D eigenvalue weighted by atomic mass is 9.49. The Bertz CT molecular complexity index is 1800. The minimum Gasteiger partial charge on any atom is -0.458 e. The maximum atomic E-state index is 13.5. The van der Waals surface area contributed by atoms with E-state index in [1.807, 2.05) is 39.0 Å². The number of allylic oxidation sites excluding steroid dienone is 2. The normalized spacial score (nSPS) is 53.8. The number of aliphatic hydroxyl groups excluding tert-OH is 2. The molecule has 13 nitrogen and oxygen atoms in total. The van der Waals surface area contributed by atoms with Gasteiger partial charge in [-0.05, 0) is 62.9 Å². The van der Waals surface area contributed by atoms with Gasteiger partial charge >= 0.3 is 17.9 Å². The number of epoxide rings is 1. The van der Waals surface area contributed by atoms with Crippen LogP contribution in [0.5, 0.6) is 0 Å². The van der Waals surface area contributed by atoms with Gasteiger partial charge in [0.2, 0.25) is 0 Å². The molecule has 1 aromatic rings. The summed E-state index contributed by atoms with van der Waals surface area (Å²) in [6.07, 6.45) is 1.39. The summed E-state index contributed by atoms with van der Waals surface area (Å²) in [6.45, 7) is 8.76. The fourth-order valence-corrected chi connectivity index (χ4v) is 12.7. The molecular formula is C43H56O13. The number of carbonyl (C=O) groups is 2. The van der Waals surface area contributed by atoms with Crippen molar-refractivity contribution >= 4 is 11.9 Å². The predicted molar refractivity (Wildman–Crippen MR) is 196 cm³/mol. The third-order valence-electron chi connectivity index (χ3n) is 15.4. The first-order valence-corrected chi connectivity index (χ1v) is 20.5. The van der Waals surface area contributed by atoms with E-state index in [-0.39, 0.29) is 55.3 Å². The van der Waals surface area contributed by atoms with Crippen LogP contribution in [0.3, 0.4) is 0 Å². The van der Waals surface area contributed by atoms with Crippen molar-refractivity contribution in [1.82, 2.24) is 0 Å². The minimum atomic E-state index is -2.18. The molecule has 5 aliphatic heterocycles. The third kappa shape index (κ3) is 5.05. The second-order valence-electron chi connectivity index (χ2n) is 18.7. The lowest BCUT2D eigenvalue weighted by Gasteiger charge is -2.74. The highest BCUT2D eigenvalue weighted by Crippen LogP contribution is 2.74. The van der Waals surface area contributed by atoms with E-state index in [0.29, 0.717) is 18.4 Å². The Morgan fingerprint density at radius 1 is 0.964 bits per heavy atom. The predicted octanol–water partition coefficient (Wildman–Crippen LogP) is 2.79. The Labute approximate surface area is 326 Å². The lowest BCUT2D eigenvalue weighted by molar-refractivity contribution is -0.595. The highest BCUT2D eigenvalue weighted by atomic mass is 16.9. The van der Waals surface area contributed by atoms with E-state index in [0.717, 1.165) is 0 Å². The fraction of sp³-hybridized carbons (Fsp3) is 0.721. The van der Waals surface area contributed by atoms with Gasteiger partial charge in [-0.25, -0.2) is 4.79 Å². The molecule has 0 amide bonds. The van der Waals surface area contributed by atoms with Gasteiger partial charge in [0.25, 0.3) is 0 Å². The molecule has 10 rings (SSSR count). The monoisotopic (exact) mass is 780 g/mol. The molecule has 4 saturated carbocycles. The van der Waals surface area contributed by atoms with Gasteiger partial charge in [0.05, 0.1) is 17.8 Å². The fourth-order valence-electron chi connectivity index (χ4n) is 12.7. The zero-order valence-corrected chi connectivity index (χ0v) is 32.7. The van der Waals surface area contributed by atoms with Crippen LogP contribution in [-0.2, 0) is 44.0 Å². The molecule has 5 heterocycles. The first kappa shape index (κ1) is 38.8. The Kier molecular flexibility index (Phi) is 8.93. The van der Waals surface area contributed by atoms with Crippen molar-refractivity contribution in [2.45, 2.75) is 144 Å². The molecule has 56 heavy (non-hydrogen) atoms. The number of rotatable bonds is 5. The average Bonchev–Trinajstić information content (AvgIpc) is 3.66. The van der Waals surface area contributed by atoms with Crippen LogP contribution in [0.15, 0.2) is 54.6 Å². The van der Waals surface area contributed by atoms with Crippen LogP contribution in [0, 0.1) is 41.4 Å². The molecule has 0 aromatic heterocycles. The minimum absolute atomic E-state index is 0.0587. The largest absolute Gasteiger partial charge is 0.458 e. The smallest absolute Gasteiger partial charge is 0.331 e. The number of benzene rings is 1. The summed E-state index contributed by atoms with van der Waals surface area (Å²) in [5.41, 5.74) is -8.74. The van der Waals surface area contributed by atoms with Crippen molar-refractivity contribution in [2.24, 2.45) is 41.4 Å². The molecule has 5 N–H and O–H groups in total. The molecule has 1 spiro atoms. The summed E-state index contributed by atoms with van der Waals surface area (Å²) < 4.78 is 39.3. The van der Waals surface area contributed by atoms with Gasteiger partial charge in [0.15, 0.2) is 0 Å². The number of esters is 2. The Hall–Kier alpha value is -2.72. The molecule has 0 radical (unpaired) electrons. The summed E-state index contributed by atoms with van der Waals surface area (Å²) in [7, 11) is 0. The quantitative estimate of drug-likeness (QED) is 0.217. The van der Waals surface area contributed by atoms with E-state index in [1.165, 1.54) is 12.2 Å². The van der Waals surface area contributed by atoms with Crippen molar-refractivity contribution in [3.05, 3.63) is 60.2 Å². The zero-order valence-electron chi connectivity index (χ0n) is 32.7. The number of fused-ring (bicyclic) bond motifs is 3. The van der Waals surface area contributed by atoms with E-state index in [9.17, 15) is 35.1 Å². The maximum Gasteiger partial charge on any atom is 0.331 e. The molecule has 13 heteroatoms. The summed E-state index contributed by atoms with van der Waals surface area (Å²) in [5.74, 6) is -5.74. The Morgan fingerprint density at radius 2 is 1.70 bits per heavy atom. The number of hydrogen-bond donors (Lipinski definition) is 5. The van der Waals surface area contributed by atoms with Gasteiger partial charge in [0.1, 0.15) is 53.4 Å². The van der Waals surface area contributed by atoms with Crippen LogP contribution >= 0.6 is 0 Å². The van der Waals surface area contributed by atoms with Crippen LogP contribution in [0.2, 0.25) is 0 Å². The standard InChI is InChI=1S/C43H56O13/c1-22(2)19-32(46)51-28-13-9-10-14-31(45)52-30-18-17-29-40(30,49)37(47)39(21-44)35(53-39)33-36-42(50,38(5,48)20-25-15-16-27(28)23(25)3)34-24(4)41(29,33)56-43(54-34,55-36)26-11-7-6-8-12-26/h6-14,22-25,27-30,33-37,44,47-50H,15-21H2,1-5H3/b13-9-,14-10+/t23?,24-,25-,27+,28-,29-,30+,33+,34+,35+,36-,37-,38-,39+,40-,41+,42+,43+/m1/s1. The maximum absolute atomic E-state index is 13.5. The molecule has 1 aromatic carbocycles. The van der Waals surface area contributed by atoms with Crippen molar-refractivity contribution in [3.63, 3.8) is 0 Å². The van der Waals surface area contributed by atoms with Crippen molar-refractivity contribution in [1.29, 1.82) is 0 Å². The van der Waals surface area contributed by atoms with Crippen LogP contribution in [0.4, 0.5) is 0 Å². The molecule has 4 aliphatic carbocycles. The molecule has 8 fully saturated rings. The van der Waals surface area contributed by atoms with E-state index >= 15 is 0 Å². The summed E-state index contributed by atoms with van der Waals surface area (Å²) in [5, 5.41) is 62.8. The Balaban J connectivity index is 1.21. The second kappa shape index (κ2) is 12.9. The number of ether oxygens (including phenoxy) is 6. The first-order valence-electron chi connectivity index (χ1n) is 20.5. The lowest BCUT2D eigenvalue weighted by Crippen LogP contribution is -2.89. The van der Waals surface area contributed by atoms with Crippen molar-refractivity contribution in [3.8, 4) is 0 Å². The molecule has 9 aliphatic rings. The van der Waals surface area contributed by atoms with E-state index in [1.54, 1.807) is 31.2 Å². The molecule has 10 bridgehead atoms. The van der Waals surface area contributed by atoms with Crippen molar-refractivity contribution < 1.29 is 63.5 Å². The van der Waals surface area contributed by atoms with Gasteiger partial charge in [-0.2, -0.15) is 0 Å². The van der Waals surface area contributed by atoms with E-state index in [2.05, 4.69) is 6.92 Å². The van der Waals surface area contributed by atoms with Crippen molar-refractivity contribution in [2.75, 3.05) is 6.61 Å². The summed E-state index contributed by atoms with van der Waals surface area (Å²) in [6, 6.07) is 9.03. The summed E-state index contributed by atoms with van der Waals surface area (Å²) in [4.78, 5) is 26.6. The molecule has 1 unspecified atom stereocenters. The van der Waals surface area contributed by atoms with Crippen LogP contribution in [0.25, 0.3) is 0 Å². The average molecular weight is 781 g/mol. The van der Waals surface area contributed by atoms with Gasteiger partial charge in [-0.15, -0.1) is 0 Å². The van der Waals surface area contributed by atoms with Gasteiger partial charge in [-0.3, -0.25) is 4.79 Å². The van der Waals surface area contributed by atoms with Gasteiger partial charge < -0.3 is 54.0 Å². The second-order valence-corrected chi connectivity index (χ2v) is 18.7. The highest BCUT2D eigenvalue weighted by Gasteiger charge is 2.90. The molecule has 306 valence electrons. The molecular weight excluding hydrogens is 724 g/mol. The molecule has 18 atom stereocenters.